The van der Waals surface area contributed by atoms with Crippen LogP contribution in [0.4, 0.5) is 10.5 Å². The highest BCUT2D eigenvalue weighted by Gasteiger charge is 2.29. The SMILES string of the molecule is O=C(O)CCC(NC(=O)N[C@@H](CCCCN(Cc1ccc(Br)nc1)C(=O)CCCCNC(=S)Nc1ccc(CC2CN(CC(=O)O)CCN(CC(=O)O)CCN(CC(=O)O)CCN2CC(=O)O)cc1)C(=O)O)C(=O)O. The zero-order valence-corrected chi connectivity index (χ0v) is 43.7. The number of amides is 3. The maximum Gasteiger partial charge on any atom is 0.326 e. The summed E-state index contributed by atoms with van der Waals surface area (Å²) in [6, 6.07) is 6.20. The van der Waals surface area contributed by atoms with Crippen molar-refractivity contribution in [1.29, 1.82) is 0 Å². The van der Waals surface area contributed by atoms with Gasteiger partial charge in [0.05, 0.1) is 26.2 Å². The number of benzene rings is 1. The molecule has 75 heavy (non-hydrogen) atoms. The number of urea groups is 1. The van der Waals surface area contributed by atoms with Crippen molar-refractivity contribution in [2.45, 2.75) is 82.5 Å². The van der Waals surface area contributed by atoms with E-state index in [4.69, 9.17) is 17.3 Å². The standard InChI is InChI=1S/C47H67BrN10O16S/c48-37-13-9-32(24-50-37)25-58(16-4-2-5-35(44(70)71)52-46(74)53-36(45(72)73)12-14-39(60)61)38(59)6-1-3-15-49-47(75)51-33-10-7-31(8-11-33)23-34-26-56(29-42(66)67)20-19-54(27-40(62)63)17-18-55(28-41(64)65)21-22-57(34)30-43(68)69/h7-11,13,24,34-36H,1-6,12,14-23,25-30H2,(H,60,61)(H,62,63)(H,64,65)(H,66,67)(H,68,69)(H,70,71)(H,72,73)(H2,49,51,75)(H2,52,53,74)/t34?,35-,36?/m0/s1. The summed E-state index contributed by atoms with van der Waals surface area (Å²) < 4.78 is 0.606. The van der Waals surface area contributed by atoms with Gasteiger partial charge < -0.3 is 61.9 Å². The number of carboxylic acids is 7. The van der Waals surface area contributed by atoms with E-state index < -0.39 is 85.3 Å². The van der Waals surface area contributed by atoms with Gasteiger partial charge in [-0.15, -0.1) is 0 Å². The Morgan fingerprint density at radius 3 is 1.73 bits per heavy atom. The summed E-state index contributed by atoms with van der Waals surface area (Å²) in [7, 11) is 0. The predicted molar refractivity (Wildman–Crippen MR) is 276 cm³/mol. The first-order chi connectivity index (χ1) is 35.6. The number of rotatable bonds is 30. The molecule has 0 bridgehead atoms. The summed E-state index contributed by atoms with van der Waals surface area (Å²) in [5.41, 5.74) is 2.18. The number of hydrogen-bond acceptors (Lipinski definition) is 15. The number of nitrogens with zero attached hydrogens (tertiary/aromatic N) is 6. The van der Waals surface area contributed by atoms with Gasteiger partial charge in [-0.25, -0.2) is 19.4 Å². The van der Waals surface area contributed by atoms with Crippen LogP contribution in [0.5, 0.6) is 0 Å². The third-order valence-corrected chi connectivity index (χ3v) is 12.6. The van der Waals surface area contributed by atoms with Crippen molar-refractivity contribution < 1.29 is 78.9 Å². The number of thiocarbonyl (C=S) groups is 1. The van der Waals surface area contributed by atoms with Crippen LogP contribution in [-0.2, 0) is 51.3 Å². The fourth-order valence-electron chi connectivity index (χ4n) is 8.09. The largest absolute Gasteiger partial charge is 0.481 e. The number of nitrogens with one attached hydrogen (secondary N) is 4. The van der Waals surface area contributed by atoms with Crippen molar-refractivity contribution in [2.24, 2.45) is 0 Å². The Hall–Kier alpha value is -6.59. The van der Waals surface area contributed by atoms with Gasteiger partial charge in [0.25, 0.3) is 0 Å². The molecular weight excluding hydrogens is 1070 g/mol. The Labute approximate surface area is 446 Å². The van der Waals surface area contributed by atoms with Gasteiger partial charge in [0, 0.05) is 96.2 Å². The molecule has 26 nitrogen and oxygen atoms in total. The molecule has 0 aliphatic carbocycles. The topological polar surface area (TPSA) is 372 Å². The van der Waals surface area contributed by atoms with Gasteiger partial charge in [0.15, 0.2) is 5.11 Å². The van der Waals surface area contributed by atoms with Crippen LogP contribution in [0.15, 0.2) is 47.2 Å². The third-order valence-electron chi connectivity index (χ3n) is 11.9. The van der Waals surface area contributed by atoms with Crippen LogP contribution in [0.3, 0.4) is 0 Å². The second-order valence-electron chi connectivity index (χ2n) is 17.9. The Balaban J connectivity index is 1.58. The van der Waals surface area contributed by atoms with Gasteiger partial charge in [-0.05, 0) is 102 Å². The van der Waals surface area contributed by atoms with Crippen LogP contribution in [0.1, 0.15) is 62.5 Å². The summed E-state index contributed by atoms with van der Waals surface area (Å²) >= 11 is 8.82. The van der Waals surface area contributed by atoms with Crippen LogP contribution >= 0.6 is 28.1 Å². The summed E-state index contributed by atoms with van der Waals surface area (Å²) in [5, 5.41) is 77.5. The normalized spacial score (nSPS) is 15.9. The molecule has 0 saturated carbocycles. The van der Waals surface area contributed by atoms with Crippen molar-refractivity contribution in [3.8, 4) is 0 Å². The number of unbranched alkanes of at least 4 members (excludes halogenated alkanes) is 2. The van der Waals surface area contributed by atoms with Crippen molar-refractivity contribution in [3.63, 3.8) is 0 Å². The van der Waals surface area contributed by atoms with E-state index in [2.05, 4.69) is 42.2 Å². The number of carbonyl (C=O) groups is 9. The van der Waals surface area contributed by atoms with E-state index in [0.29, 0.717) is 47.6 Å². The molecule has 0 radical (unpaired) electrons. The van der Waals surface area contributed by atoms with Crippen molar-refractivity contribution >= 4 is 92.7 Å². The molecule has 2 unspecified atom stereocenters. The van der Waals surface area contributed by atoms with Gasteiger partial charge in [0.2, 0.25) is 5.91 Å². The minimum absolute atomic E-state index is 0.0407. The molecule has 1 saturated heterocycles. The van der Waals surface area contributed by atoms with Gasteiger partial charge in [-0.1, -0.05) is 18.2 Å². The van der Waals surface area contributed by atoms with Crippen molar-refractivity contribution in [3.05, 3.63) is 58.3 Å². The quantitative estimate of drug-likeness (QED) is 0.0296. The molecule has 1 fully saturated rings. The Kier molecular flexibility index (Phi) is 27.9. The lowest BCUT2D eigenvalue weighted by Crippen LogP contribution is -2.53. The fourth-order valence-corrected chi connectivity index (χ4v) is 8.55. The zero-order chi connectivity index (χ0) is 55.5. The molecule has 11 N–H and O–H groups in total. The molecule has 3 atom stereocenters. The second kappa shape index (κ2) is 33.4. The van der Waals surface area contributed by atoms with Crippen LogP contribution in [-0.4, -0.2) is 227 Å². The molecule has 2 heterocycles. The third kappa shape index (κ3) is 26.5. The number of aromatic nitrogens is 1. The minimum Gasteiger partial charge on any atom is -0.481 e. The van der Waals surface area contributed by atoms with Crippen LogP contribution < -0.4 is 21.3 Å². The molecule has 28 heteroatoms. The van der Waals surface area contributed by atoms with Gasteiger partial charge in [-0.3, -0.25) is 48.4 Å². The van der Waals surface area contributed by atoms with E-state index in [1.165, 1.54) is 0 Å². The van der Waals surface area contributed by atoms with E-state index in [9.17, 15) is 73.8 Å². The number of carboxylic acid groups (broad SMARTS) is 7. The number of pyridine rings is 1. The van der Waals surface area contributed by atoms with Crippen LogP contribution in [0, 0.1) is 0 Å². The number of anilines is 1. The second-order valence-corrected chi connectivity index (χ2v) is 19.1. The summed E-state index contributed by atoms with van der Waals surface area (Å²) in [6.45, 7) is 0.621. The molecule has 3 amide bonds. The monoisotopic (exact) mass is 1140 g/mol. The highest BCUT2D eigenvalue weighted by molar-refractivity contribution is 9.10. The Bertz CT molecular complexity index is 2250. The Morgan fingerprint density at radius 2 is 1.19 bits per heavy atom. The summed E-state index contributed by atoms with van der Waals surface area (Å²) in [5.74, 6) is -8.67. The van der Waals surface area contributed by atoms with Gasteiger partial charge >= 0.3 is 47.8 Å². The van der Waals surface area contributed by atoms with E-state index in [1.807, 2.05) is 18.2 Å². The minimum atomic E-state index is -1.54. The molecule has 0 spiro atoms. The average Bonchev–Trinajstić information content (AvgIpc) is 3.32. The maximum absolute atomic E-state index is 13.5. The molecular formula is C47H67BrN10O16S. The van der Waals surface area contributed by atoms with Crippen molar-refractivity contribution in [2.75, 3.05) is 90.4 Å². The Morgan fingerprint density at radius 1 is 0.640 bits per heavy atom. The zero-order valence-electron chi connectivity index (χ0n) is 41.3. The van der Waals surface area contributed by atoms with Gasteiger partial charge in [0.1, 0.15) is 16.7 Å². The van der Waals surface area contributed by atoms with E-state index >= 15 is 0 Å². The molecule has 414 valence electrons. The number of carbonyl (C=O) groups excluding carboxylic acids is 2. The molecule has 2 aromatic rings. The average molecular weight is 1140 g/mol. The molecule has 3 rings (SSSR count). The maximum atomic E-state index is 13.5. The van der Waals surface area contributed by atoms with Crippen molar-refractivity contribution in [1.82, 2.24) is 45.4 Å². The highest BCUT2D eigenvalue weighted by Crippen LogP contribution is 2.17. The van der Waals surface area contributed by atoms with Crippen LogP contribution in [0.2, 0.25) is 0 Å². The molecule has 1 aromatic heterocycles. The lowest BCUT2D eigenvalue weighted by atomic mass is 10.0. The summed E-state index contributed by atoms with van der Waals surface area (Å²) in [4.78, 5) is 120. The molecule has 1 aliphatic heterocycles. The first-order valence-corrected chi connectivity index (χ1v) is 25.3. The lowest BCUT2D eigenvalue weighted by Gasteiger charge is -2.37. The fraction of sp³-hybridized carbons (Fsp3) is 0.553. The van der Waals surface area contributed by atoms with E-state index in [0.717, 1.165) is 11.1 Å². The van der Waals surface area contributed by atoms with Gasteiger partial charge in [-0.2, -0.15) is 0 Å². The smallest absolute Gasteiger partial charge is 0.326 e. The first kappa shape index (κ1) is 62.7. The number of aliphatic carboxylic acids is 7. The molecule has 1 aromatic carbocycles. The van der Waals surface area contributed by atoms with Crippen LogP contribution in [0.25, 0.3) is 0 Å². The molecule has 1 aliphatic rings. The number of halogens is 1. The van der Waals surface area contributed by atoms with E-state index in [-0.39, 0.29) is 104 Å². The van der Waals surface area contributed by atoms with E-state index in [1.54, 1.807) is 48.9 Å². The lowest BCUT2D eigenvalue weighted by molar-refractivity contribution is -0.142. The predicted octanol–water partition coefficient (Wildman–Crippen LogP) is 1.04. The highest BCUT2D eigenvalue weighted by atomic mass is 79.9. The first-order valence-electron chi connectivity index (χ1n) is 24.1. The summed E-state index contributed by atoms with van der Waals surface area (Å²) in [6.07, 6.45) is 2.81. The number of hydrogen-bond donors (Lipinski definition) is 11.